The molecule has 0 fully saturated rings. The van der Waals surface area contributed by atoms with Gasteiger partial charge in [-0.25, -0.2) is 0 Å². The van der Waals surface area contributed by atoms with Gasteiger partial charge in [-0.1, -0.05) is 352 Å². The van der Waals surface area contributed by atoms with Crippen LogP contribution < -0.4 is 61.5 Å². The number of benzene rings is 20. The van der Waals surface area contributed by atoms with Crippen LogP contribution in [0.15, 0.2) is 482 Å². The number of hydrogen-bond acceptors (Lipinski definition) is 15. The number of hydrogen-bond donors (Lipinski definition) is 0. The van der Waals surface area contributed by atoms with Gasteiger partial charge in [0.05, 0.1) is 0 Å². The molecule has 0 amide bonds. The first-order chi connectivity index (χ1) is 72.2. The van der Waals surface area contributed by atoms with Crippen molar-refractivity contribution >= 4 is 51.6 Å². The van der Waals surface area contributed by atoms with E-state index < -0.39 is 8.16 Å². The average molecular weight is 1940 g/mol. The Morgan fingerprint density at radius 2 is 0.336 bits per heavy atom. The van der Waals surface area contributed by atoms with E-state index in [1.165, 1.54) is 0 Å². The van der Waals surface area contributed by atoms with Crippen LogP contribution in [0.1, 0.15) is 77.9 Å². The topological polar surface area (TPSA) is 140 Å². The van der Waals surface area contributed by atoms with Crippen LogP contribution in [0, 0.1) is 0 Å². The summed E-state index contributed by atoms with van der Waals surface area (Å²) in [5.41, 5.74) is 17.9. The summed E-state index contributed by atoms with van der Waals surface area (Å²) in [5, 5.41) is 5.82. The minimum absolute atomic E-state index is 0.0916. The Balaban J connectivity index is 0.737. The van der Waals surface area contributed by atoms with E-state index in [0.717, 1.165) is 132 Å². The Bertz CT molecular complexity index is 6950. The maximum absolute atomic E-state index is 8.24. The second kappa shape index (κ2) is 46.9. The molecule has 0 radical (unpaired) electrons. The first-order valence-corrected chi connectivity index (χ1v) is 50.2. The third-order valence-corrected chi connectivity index (χ3v) is 26.4. The van der Waals surface area contributed by atoms with Gasteiger partial charge in [-0.3, -0.25) is 0 Å². The molecule has 0 spiro atoms. The molecule has 0 N–H and O–H groups in total. The molecular weight excluding hydrogens is 1830 g/mol. The van der Waals surface area contributed by atoms with Crippen molar-refractivity contribution in [2.24, 2.45) is 0 Å². The first kappa shape index (κ1) is 94.6. The van der Waals surface area contributed by atoms with E-state index in [9.17, 15) is 0 Å². The maximum Gasteiger partial charge on any atom is 0.310 e. The van der Waals surface area contributed by atoms with Crippen LogP contribution in [0.3, 0.4) is 0 Å². The zero-order valence-electron chi connectivity index (χ0n) is 80.5. The first-order valence-electron chi connectivity index (χ1n) is 49.0. The van der Waals surface area contributed by atoms with Crippen molar-refractivity contribution in [1.82, 2.24) is 0 Å². The van der Waals surface area contributed by atoms with E-state index in [-0.39, 0.29) is 39.5 Å². The summed E-state index contributed by atoms with van der Waals surface area (Å²) in [6, 6.07) is 160. The highest BCUT2D eigenvalue weighted by atomic mass is 31.1. The van der Waals surface area contributed by atoms with Gasteiger partial charge in [-0.15, -0.1) is 0 Å². The zero-order chi connectivity index (χ0) is 98.0. The maximum atomic E-state index is 8.24. The Morgan fingerprint density at radius 1 is 0.164 bits per heavy atom. The van der Waals surface area contributed by atoms with Crippen molar-refractivity contribution in [2.75, 3.05) is 4.67 Å². The summed E-state index contributed by atoms with van der Waals surface area (Å²) in [6.45, 7) is 3.32. The molecule has 16 heteroatoms. The van der Waals surface area contributed by atoms with Crippen molar-refractivity contribution in [2.45, 2.75) is 92.4 Å². The van der Waals surface area contributed by atoms with E-state index >= 15 is 0 Å². The number of ether oxygens (including phenoxy) is 12. The van der Waals surface area contributed by atoms with Crippen molar-refractivity contribution in [3.05, 3.63) is 551 Å². The normalized spacial score (nSPS) is 11.2. The summed E-state index contributed by atoms with van der Waals surface area (Å²) >= 11 is 0. The van der Waals surface area contributed by atoms with Gasteiger partial charge in [0.25, 0.3) is 0 Å². The Kier molecular flexibility index (Phi) is 30.4. The molecule has 0 aliphatic heterocycles. The molecule has 0 aliphatic rings. The van der Waals surface area contributed by atoms with Crippen LogP contribution in [0.5, 0.6) is 69.0 Å². The summed E-state index contributed by atoms with van der Waals surface area (Å²) in [6.07, 6.45) is 0. The second-order valence-corrected chi connectivity index (χ2v) is 37.3. The largest absolute Gasteiger partial charge is 0.489 e. The highest BCUT2D eigenvalue weighted by Crippen LogP contribution is 2.50. The smallest absolute Gasteiger partial charge is 0.310 e. The monoisotopic (exact) mass is 1940 g/mol. The lowest BCUT2D eigenvalue weighted by Gasteiger charge is -2.22. The van der Waals surface area contributed by atoms with Gasteiger partial charge in [0, 0.05) is 71.4 Å². The number of fused-ring (bicyclic) bond motifs is 7. The summed E-state index contributed by atoms with van der Waals surface area (Å²) in [5.74, 6) is 6.95. The van der Waals surface area contributed by atoms with E-state index in [0.29, 0.717) is 133 Å². The third kappa shape index (κ3) is 25.3. The lowest BCUT2D eigenvalue weighted by molar-refractivity contribution is 0.275. The number of nitrogens with zero attached hydrogens (tertiary/aromatic N) is 1. The average Bonchev–Trinajstić information content (AvgIpc) is 1.45. The second-order valence-electron chi connectivity index (χ2n) is 35.9. The van der Waals surface area contributed by atoms with Gasteiger partial charge in [-0.05, 0) is 195 Å². The summed E-state index contributed by atoms with van der Waals surface area (Å²) in [7, 11) is -2.36. The van der Waals surface area contributed by atoms with Gasteiger partial charge in [0.2, 0.25) is 0 Å². The molecule has 0 atom stereocenters. The van der Waals surface area contributed by atoms with Crippen LogP contribution in [0.2, 0.25) is 0 Å². The van der Waals surface area contributed by atoms with Crippen molar-refractivity contribution in [3.63, 3.8) is 0 Å². The summed E-state index contributed by atoms with van der Waals surface area (Å²) in [4.78, 5) is 0. The molecule has 720 valence electrons. The molecule has 21 rings (SSSR count). The Morgan fingerprint density at radius 3 is 0.541 bits per heavy atom. The molecule has 0 unspecified atom stereocenters. The molecule has 0 aliphatic carbocycles. The molecule has 146 heavy (non-hydrogen) atoms. The fourth-order valence-electron chi connectivity index (χ4n) is 17.8. The Hall–Kier alpha value is -17.6. The fourth-order valence-corrected chi connectivity index (χ4v) is 19.3. The fraction of sp³-hybridized carbons (Fsp3) is 0.108. The van der Waals surface area contributed by atoms with Crippen LogP contribution >= 0.6 is 8.16 Å². The third-order valence-electron chi connectivity index (χ3n) is 25.0. The predicted molar refractivity (Wildman–Crippen MR) is 580 cm³/mol. The van der Waals surface area contributed by atoms with Gasteiger partial charge in [0.1, 0.15) is 148 Å². The lowest BCUT2D eigenvalue weighted by atomic mass is 9.91. The molecule has 0 saturated carbocycles. The molecule has 1 heterocycles. The van der Waals surface area contributed by atoms with Crippen molar-refractivity contribution in [1.29, 1.82) is 0 Å². The molecule has 15 nitrogen and oxygen atoms in total. The van der Waals surface area contributed by atoms with Gasteiger partial charge < -0.3 is 65.2 Å². The van der Waals surface area contributed by atoms with Crippen LogP contribution in [0.4, 0.5) is 0 Å². The van der Waals surface area contributed by atoms with E-state index in [4.69, 9.17) is 65.2 Å². The van der Waals surface area contributed by atoms with Gasteiger partial charge >= 0.3 is 8.16 Å². The van der Waals surface area contributed by atoms with Crippen LogP contribution in [-0.2, 0) is 92.4 Å². The van der Waals surface area contributed by atoms with E-state index in [1.807, 2.05) is 243 Å². The van der Waals surface area contributed by atoms with Crippen LogP contribution in [0.25, 0.3) is 65.7 Å². The van der Waals surface area contributed by atoms with E-state index in [1.54, 1.807) is 0 Å². The quantitative estimate of drug-likeness (QED) is 0.0358. The lowest BCUT2D eigenvalue weighted by Crippen LogP contribution is -2.19. The SMILES string of the molecule is c1ccc(COc2cc(COc3cc(CN(Cc4cc(OCc5cc(OCc6ccccc6)cc(OCc6ccccc6)c5)cc(OCc5cc(OCc6ccccc6)cc(OCc6ccccc6)c5)c4)p4oc5c(-c6ccccc6)cc6ccccc6c5c5c(o4)c(-c4ccccc4)cc4ccccc45)cc(OCc4cc(OCc5ccccc5)cc(OCc5ccccc5)c4)c3)cc(OCc3ccccc3)c2)cc1. The van der Waals surface area contributed by atoms with E-state index in [2.05, 4.69) is 235 Å². The standard InChI is InChI=1S/C130H106NO14P/c1-11-35-93(36-12-1)81-132-115-63-103(64-116(75-115)133-82-94-37-13-2-14-38-94)89-140-111-59-101(60-112(73-111)141-90-104-65-117(134-83-95-39-15-3-16-40-95)76-118(66-104)135-84-96-41-17-4-18-42-96)79-131(146-144-129-125(107-51-27-9-28-52-107)71-109-55-31-33-57-123(109)127(129)128-124-58-34-32-56-110(124)72-126(130(128)145-146)108-53-29-10-30-54-108)80-102-61-113(142-91-105-67-119(136-85-97-43-19-5-20-44-97)77-120(68-105)137-86-98-45-21-6-22-46-98)74-114(62-102)143-92-106-69-121(138-87-99-47-23-7-24-48-99)78-122(70-106)139-88-100-49-25-8-26-50-100/h1-78H,79-92H2. The highest BCUT2D eigenvalue weighted by molar-refractivity contribution is 7.38. The molecular formula is C130H106NO14P. The molecule has 1 aromatic heterocycles. The zero-order valence-corrected chi connectivity index (χ0v) is 81.4. The Labute approximate surface area is 850 Å². The highest BCUT2D eigenvalue weighted by Gasteiger charge is 2.27. The van der Waals surface area contributed by atoms with Crippen molar-refractivity contribution < 1.29 is 65.2 Å². The van der Waals surface area contributed by atoms with Gasteiger partial charge in [-0.2, -0.15) is 4.67 Å². The minimum atomic E-state index is -2.36. The van der Waals surface area contributed by atoms with Crippen LogP contribution in [-0.4, -0.2) is 0 Å². The molecule has 0 saturated heterocycles. The minimum Gasteiger partial charge on any atom is -0.489 e. The number of rotatable bonds is 43. The molecule has 0 bridgehead atoms. The molecule has 20 aromatic carbocycles. The van der Waals surface area contributed by atoms with Crippen molar-refractivity contribution in [3.8, 4) is 91.2 Å². The molecule has 21 aromatic rings. The predicted octanol–water partition coefficient (Wildman–Crippen LogP) is 32.2. The summed E-state index contributed by atoms with van der Waals surface area (Å²) < 4.78 is 101. The van der Waals surface area contributed by atoms with Gasteiger partial charge in [0.15, 0.2) is 11.2 Å².